The highest BCUT2D eigenvalue weighted by Crippen LogP contribution is 2.34. The Morgan fingerprint density at radius 3 is 1.73 bits per heavy atom. The van der Waals surface area contributed by atoms with Crippen LogP contribution in [0.5, 0.6) is 0 Å². The Bertz CT molecular complexity index is 136. The Labute approximate surface area is 73.4 Å². The molecule has 0 aliphatic carbocycles. The van der Waals surface area contributed by atoms with Gasteiger partial charge in [0.15, 0.2) is 0 Å². The molecule has 0 atom stereocenters. The van der Waals surface area contributed by atoms with E-state index >= 15 is 0 Å². The summed E-state index contributed by atoms with van der Waals surface area (Å²) in [6, 6.07) is 0. The molecule has 0 saturated carbocycles. The molecule has 1 N–H and O–H groups in total. The first-order chi connectivity index (χ1) is 4.81. The van der Waals surface area contributed by atoms with Crippen molar-refractivity contribution in [1.29, 1.82) is 0 Å². The van der Waals surface area contributed by atoms with Gasteiger partial charge in [-0.2, -0.15) is 0 Å². The lowest BCUT2D eigenvalue weighted by Gasteiger charge is -2.45. The maximum Gasteiger partial charge on any atom is 0.0129 e. The lowest BCUT2D eigenvalue weighted by molar-refractivity contribution is 0.184. The molecule has 0 aromatic carbocycles. The molecule has 1 heterocycles. The summed E-state index contributed by atoms with van der Waals surface area (Å²) in [6.45, 7) is 9.27. The molecule has 66 valence electrons. The zero-order valence-corrected chi connectivity index (χ0v) is 10.5. The average Bonchev–Trinajstić information content (AvgIpc) is 1.49. The molecule has 1 aliphatic rings. The smallest absolute Gasteiger partial charge is 0.0129 e. The predicted octanol–water partition coefficient (Wildman–Crippen LogP) is 1.08. The van der Waals surface area contributed by atoms with E-state index < -0.39 is 0 Å². The molecule has 1 nitrogen and oxygen atoms in total. The van der Waals surface area contributed by atoms with Crippen LogP contribution >= 0.6 is 0 Å². The quantitative estimate of drug-likeness (QED) is 0.538. The molecule has 1 saturated heterocycles. The van der Waals surface area contributed by atoms with Gasteiger partial charge < -0.3 is 5.32 Å². The van der Waals surface area contributed by atoms with Gasteiger partial charge in [0.05, 0.1) is 0 Å². The third kappa shape index (κ3) is 2.60. The van der Waals surface area contributed by atoms with E-state index in [1.165, 1.54) is 23.1 Å². The maximum absolute atomic E-state index is 3.68. The molecule has 1 fully saturated rings. The maximum atomic E-state index is 3.68. The van der Waals surface area contributed by atoms with Crippen LogP contribution in [0.3, 0.4) is 0 Å². The fraction of sp³-hybridized carbons (Fsp3) is 1.00. The van der Waals surface area contributed by atoms with Gasteiger partial charge in [-0.25, -0.2) is 0 Å². The van der Waals surface area contributed by atoms with Crippen LogP contribution in [0.2, 0.25) is 5.54 Å². The minimum absolute atomic E-state index is 0.369. The van der Waals surface area contributed by atoms with Gasteiger partial charge in [0.1, 0.15) is 0 Å². The third-order valence-corrected chi connectivity index (χ3v) is 3.21. The minimum Gasteiger partial charge on any atom is -0.307 e. The van der Waals surface area contributed by atoms with E-state index in [0.717, 1.165) is 5.54 Å². The van der Waals surface area contributed by atoms with Gasteiger partial charge in [-0.15, -0.1) is 0 Å². The second kappa shape index (κ2) is 2.59. The lowest BCUT2D eigenvalue weighted by atomic mass is 9.82. The van der Waals surface area contributed by atoms with Crippen molar-refractivity contribution in [2.45, 2.75) is 57.2 Å². The van der Waals surface area contributed by atoms with Crippen molar-refractivity contribution in [3.05, 3.63) is 0 Å². The summed E-state index contributed by atoms with van der Waals surface area (Å²) < 4.78 is 0. The van der Waals surface area contributed by atoms with Crippen molar-refractivity contribution in [1.82, 2.24) is 5.32 Å². The van der Waals surface area contributed by atoms with Gasteiger partial charge in [-0.05, 0) is 40.5 Å². The summed E-state index contributed by atoms with van der Waals surface area (Å²) >= 11 is 0. The van der Waals surface area contributed by atoms with E-state index in [0.29, 0.717) is 11.1 Å². The van der Waals surface area contributed by atoms with Crippen LogP contribution in [0, 0.1) is 0 Å². The molecule has 0 aromatic rings. The van der Waals surface area contributed by atoms with Crippen molar-refractivity contribution >= 4 is 10.2 Å². The first-order valence-electron chi connectivity index (χ1n) is 4.60. The van der Waals surface area contributed by atoms with Crippen molar-refractivity contribution in [2.75, 3.05) is 0 Å². The zero-order valence-electron chi connectivity index (χ0n) is 8.49. The van der Waals surface area contributed by atoms with E-state index in [9.17, 15) is 0 Å². The van der Waals surface area contributed by atoms with Crippen LogP contribution in [-0.2, 0) is 0 Å². The van der Waals surface area contributed by atoms with E-state index in [-0.39, 0.29) is 0 Å². The van der Waals surface area contributed by atoms with E-state index in [1.54, 1.807) is 0 Å². The topological polar surface area (TPSA) is 12.0 Å². The molecular formula is C9H21NSi. The molecule has 0 unspecified atom stereocenters. The molecule has 2 heteroatoms. The Morgan fingerprint density at radius 2 is 1.45 bits per heavy atom. The summed E-state index contributed by atoms with van der Waals surface area (Å²) in [6.07, 6.45) is 2.73. The van der Waals surface area contributed by atoms with Gasteiger partial charge in [-0.1, -0.05) is 5.54 Å². The molecule has 0 radical (unpaired) electrons. The Balaban J connectivity index is 2.66. The molecule has 1 aliphatic heterocycles. The van der Waals surface area contributed by atoms with Crippen LogP contribution < -0.4 is 5.32 Å². The summed E-state index contributed by atoms with van der Waals surface area (Å²) in [5, 5.41) is 3.68. The zero-order chi connectivity index (χ0) is 8.70. The van der Waals surface area contributed by atoms with Crippen molar-refractivity contribution in [2.24, 2.45) is 0 Å². The van der Waals surface area contributed by atoms with Crippen LogP contribution in [0.25, 0.3) is 0 Å². The van der Waals surface area contributed by atoms with Gasteiger partial charge >= 0.3 is 0 Å². The fourth-order valence-electron chi connectivity index (χ4n) is 2.83. The van der Waals surface area contributed by atoms with E-state index in [1.807, 2.05) is 0 Å². The van der Waals surface area contributed by atoms with Crippen LogP contribution in [0.4, 0.5) is 0 Å². The lowest BCUT2D eigenvalue weighted by Crippen LogP contribution is -2.56. The SMILES string of the molecule is CC1(C)CC([SiH3])CC(C)(C)N1. The first kappa shape index (κ1) is 9.27. The summed E-state index contributed by atoms with van der Waals surface area (Å²) in [7, 11) is 1.35. The molecule has 1 rings (SSSR count). The number of rotatable bonds is 0. The van der Waals surface area contributed by atoms with Crippen LogP contribution in [0.1, 0.15) is 40.5 Å². The van der Waals surface area contributed by atoms with Gasteiger partial charge in [0.25, 0.3) is 0 Å². The molecule has 0 spiro atoms. The highest BCUT2D eigenvalue weighted by atomic mass is 28.1. The number of nitrogens with one attached hydrogen (secondary N) is 1. The molecule has 0 aromatic heterocycles. The second-order valence-corrected chi connectivity index (χ2v) is 7.04. The molecular weight excluding hydrogens is 150 g/mol. The third-order valence-electron chi connectivity index (χ3n) is 2.39. The number of hydrogen-bond donors (Lipinski definition) is 1. The first-order valence-corrected chi connectivity index (χ1v) is 5.76. The number of hydrogen-bond acceptors (Lipinski definition) is 1. The molecule has 0 bridgehead atoms. The Morgan fingerprint density at radius 1 is 1.09 bits per heavy atom. The average molecular weight is 171 g/mol. The van der Waals surface area contributed by atoms with Crippen LogP contribution in [0.15, 0.2) is 0 Å². The molecule has 0 amide bonds. The second-order valence-electron chi connectivity index (χ2n) is 5.41. The van der Waals surface area contributed by atoms with Crippen molar-refractivity contribution < 1.29 is 0 Å². The highest BCUT2D eigenvalue weighted by molar-refractivity contribution is 6.11. The van der Waals surface area contributed by atoms with Gasteiger partial charge in [-0.3, -0.25) is 0 Å². The Hall–Kier alpha value is 0.177. The van der Waals surface area contributed by atoms with Gasteiger partial charge in [0, 0.05) is 21.3 Å². The monoisotopic (exact) mass is 171 g/mol. The highest BCUT2D eigenvalue weighted by Gasteiger charge is 2.35. The normalized spacial score (nSPS) is 30.5. The standard InChI is InChI=1S/C9H21NSi/c1-8(2)5-7(11)6-9(3,4)10-8/h7,10H,5-6H2,1-4,11H3. The molecule has 11 heavy (non-hydrogen) atoms. The van der Waals surface area contributed by atoms with Crippen LogP contribution in [-0.4, -0.2) is 21.3 Å². The minimum atomic E-state index is 0.369. The predicted molar refractivity (Wildman–Crippen MR) is 54.2 cm³/mol. The van der Waals surface area contributed by atoms with E-state index in [4.69, 9.17) is 0 Å². The van der Waals surface area contributed by atoms with Crippen molar-refractivity contribution in [3.63, 3.8) is 0 Å². The fourth-order valence-corrected chi connectivity index (χ4v) is 4.87. The summed E-state index contributed by atoms with van der Waals surface area (Å²) in [4.78, 5) is 0. The number of piperidine rings is 1. The Kier molecular flexibility index (Phi) is 2.19. The van der Waals surface area contributed by atoms with Gasteiger partial charge in [0.2, 0.25) is 0 Å². The van der Waals surface area contributed by atoms with Crippen molar-refractivity contribution in [3.8, 4) is 0 Å². The van der Waals surface area contributed by atoms with E-state index in [2.05, 4.69) is 33.0 Å². The summed E-state index contributed by atoms with van der Waals surface area (Å²) in [5.74, 6) is 0. The summed E-state index contributed by atoms with van der Waals surface area (Å²) in [5.41, 5.74) is 1.74. The largest absolute Gasteiger partial charge is 0.307 e.